The summed E-state index contributed by atoms with van der Waals surface area (Å²) in [7, 11) is 2.11. The Hall–Kier alpha value is -2.88. The number of alkyl halides is 3. The van der Waals surface area contributed by atoms with Crippen LogP contribution in [0.15, 0.2) is 36.7 Å². The first kappa shape index (κ1) is 24.4. The van der Waals surface area contributed by atoms with Crippen LogP contribution in [0.2, 0.25) is 0 Å². The fourth-order valence-corrected chi connectivity index (χ4v) is 3.00. The Balaban J connectivity index is 0.000000423. The van der Waals surface area contributed by atoms with Gasteiger partial charge in [-0.3, -0.25) is 9.69 Å². The number of halogens is 3. The number of aliphatic carboxylic acids is 1. The summed E-state index contributed by atoms with van der Waals surface area (Å²) in [5.41, 5.74) is 3.01. The number of carbonyl (C=O) groups excluding carboxylic acids is 1. The Labute approximate surface area is 179 Å². The number of benzene rings is 1. The van der Waals surface area contributed by atoms with E-state index in [9.17, 15) is 18.0 Å². The molecule has 0 radical (unpaired) electrons. The van der Waals surface area contributed by atoms with E-state index < -0.39 is 12.1 Å². The molecule has 1 N–H and O–H groups in total. The van der Waals surface area contributed by atoms with E-state index in [0.29, 0.717) is 12.6 Å². The van der Waals surface area contributed by atoms with E-state index in [1.54, 1.807) is 0 Å². The van der Waals surface area contributed by atoms with Crippen molar-refractivity contribution in [3.8, 4) is 0 Å². The molecular weight excluding hydrogens is 413 g/mol. The molecule has 0 aliphatic carbocycles. The van der Waals surface area contributed by atoms with E-state index in [2.05, 4.69) is 35.3 Å². The van der Waals surface area contributed by atoms with E-state index in [0.717, 1.165) is 37.3 Å². The van der Waals surface area contributed by atoms with Gasteiger partial charge in [-0.05, 0) is 39.4 Å². The van der Waals surface area contributed by atoms with Crippen LogP contribution in [0.25, 0.3) is 0 Å². The highest BCUT2D eigenvalue weighted by Gasteiger charge is 2.38. The van der Waals surface area contributed by atoms with E-state index in [-0.39, 0.29) is 5.91 Å². The van der Waals surface area contributed by atoms with Crippen LogP contribution in [-0.2, 0) is 24.4 Å². The summed E-state index contributed by atoms with van der Waals surface area (Å²) < 4.78 is 33.9. The zero-order valence-corrected chi connectivity index (χ0v) is 17.8. The molecule has 0 atom stereocenters. The average Bonchev–Trinajstić information content (AvgIpc) is 2.95. The smallest absolute Gasteiger partial charge is 0.475 e. The minimum absolute atomic E-state index is 0.105. The maximum atomic E-state index is 12.8. The Kier molecular flexibility index (Phi) is 8.21. The van der Waals surface area contributed by atoms with Gasteiger partial charge in [-0.25, -0.2) is 9.78 Å². The molecule has 31 heavy (non-hydrogen) atoms. The van der Waals surface area contributed by atoms with Crippen molar-refractivity contribution in [1.29, 1.82) is 0 Å². The summed E-state index contributed by atoms with van der Waals surface area (Å²) in [4.78, 5) is 30.5. The molecule has 0 saturated carbocycles. The lowest BCUT2D eigenvalue weighted by atomic mass is 10.2. The third-order valence-electron chi connectivity index (χ3n) is 5.03. The second-order valence-electron chi connectivity index (χ2n) is 7.59. The van der Waals surface area contributed by atoms with E-state index in [1.165, 1.54) is 5.69 Å². The van der Waals surface area contributed by atoms with Crippen molar-refractivity contribution < 1.29 is 27.9 Å². The third-order valence-corrected chi connectivity index (χ3v) is 5.03. The molecule has 2 aromatic rings. The number of aromatic nitrogens is 2. The largest absolute Gasteiger partial charge is 0.490 e. The molecule has 3 rings (SSSR count). The molecule has 1 amide bonds. The highest BCUT2D eigenvalue weighted by atomic mass is 19.4. The number of hydrogen-bond acceptors (Lipinski definition) is 4. The summed E-state index contributed by atoms with van der Waals surface area (Å²) in [5, 5.41) is 7.12. The van der Waals surface area contributed by atoms with Crippen LogP contribution >= 0.6 is 0 Å². The van der Waals surface area contributed by atoms with Crippen molar-refractivity contribution in [3.05, 3.63) is 53.6 Å². The normalized spacial score (nSPS) is 14.0. The molecule has 1 aliphatic rings. The van der Waals surface area contributed by atoms with Gasteiger partial charge >= 0.3 is 12.1 Å². The first-order valence-electron chi connectivity index (χ1n) is 9.88. The van der Waals surface area contributed by atoms with Crippen molar-refractivity contribution >= 4 is 11.9 Å². The number of carboxylic acids is 1. The van der Waals surface area contributed by atoms with Gasteiger partial charge in [0.25, 0.3) is 5.91 Å². The first-order valence-corrected chi connectivity index (χ1v) is 9.88. The number of rotatable bonds is 4. The predicted octanol–water partition coefficient (Wildman–Crippen LogP) is 3.40. The molecule has 2 heterocycles. The Morgan fingerprint density at radius 2 is 1.81 bits per heavy atom. The lowest BCUT2D eigenvalue weighted by molar-refractivity contribution is -0.192. The molecule has 0 bridgehead atoms. The van der Waals surface area contributed by atoms with E-state index in [4.69, 9.17) is 9.90 Å². The zero-order valence-electron chi connectivity index (χ0n) is 17.8. The standard InChI is InChI=1S/C19H26N4O.C2HF3O2/c1-15(2)21(3)12-17-18-13-22(10-7-11-23(18)14-20-17)19(24)16-8-5-4-6-9-16;3-2(4,5)1(6)7/h4-6,8-9,14-15H,7,10-13H2,1-3H3;(H,6,7). The van der Waals surface area contributed by atoms with Gasteiger partial charge in [0.05, 0.1) is 24.3 Å². The number of hydrogen-bond donors (Lipinski definition) is 1. The quantitative estimate of drug-likeness (QED) is 0.789. The maximum absolute atomic E-state index is 12.8. The van der Waals surface area contributed by atoms with Gasteiger partial charge in [-0.1, -0.05) is 18.2 Å². The second kappa shape index (κ2) is 10.4. The molecule has 0 fully saturated rings. The fourth-order valence-electron chi connectivity index (χ4n) is 3.00. The van der Waals surface area contributed by atoms with Crippen molar-refractivity contribution in [3.63, 3.8) is 0 Å². The number of aryl methyl sites for hydroxylation is 1. The molecule has 0 saturated heterocycles. The van der Waals surface area contributed by atoms with Crippen LogP contribution in [0, 0.1) is 0 Å². The fraction of sp³-hybridized carbons (Fsp3) is 0.476. The maximum Gasteiger partial charge on any atom is 0.490 e. The lowest BCUT2D eigenvalue weighted by Gasteiger charge is -2.23. The molecule has 10 heteroatoms. The Bertz CT molecular complexity index is 882. The number of imidazole rings is 1. The molecule has 0 unspecified atom stereocenters. The molecule has 1 aromatic carbocycles. The van der Waals surface area contributed by atoms with Crippen molar-refractivity contribution in [1.82, 2.24) is 19.4 Å². The summed E-state index contributed by atoms with van der Waals surface area (Å²) in [6.07, 6.45) is -2.20. The molecule has 1 aliphatic heterocycles. The number of amides is 1. The van der Waals surface area contributed by atoms with Gasteiger partial charge in [0.1, 0.15) is 0 Å². The average molecular weight is 440 g/mol. The van der Waals surface area contributed by atoms with Crippen LogP contribution in [0.1, 0.15) is 42.0 Å². The molecular formula is C21H27F3N4O3. The predicted molar refractivity (Wildman–Crippen MR) is 108 cm³/mol. The van der Waals surface area contributed by atoms with Crippen molar-refractivity contribution in [2.75, 3.05) is 13.6 Å². The van der Waals surface area contributed by atoms with Crippen LogP contribution in [0.5, 0.6) is 0 Å². The Morgan fingerprint density at radius 3 is 2.35 bits per heavy atom. The Morgan fingerprint density at radius 1 is 1.19 bits per heavy atom. The number of carbonyl (C=O) groups is 2. The van der Waals surface area contributed by atoms with Gasteiger partial charge in [0.2, 0.25) is 0 Å². The topological polar surface area (TPSA) is 78.7 Å². The summed E-state index contributed by atoms with van der Waals surface area (Å²) >= 11 is 0. The van der Waals surface area contributed by atoms with E-state index in [1.807, 2.05) is 41.6 Å². The molecule has 1 aromatic heterocycles. The summed E-state index contributed by atoms with van der Waals surface area (Å²) in [6, 6.07) is 10.0. The van der Waals surface area contributed by atoms with Gasteiger partial charge in [0.15, 0.2) is 0 Å². The second-order valence-corrected chi connectivity index (χ2v) is 7.59. The van der Waals surface area contributed by atoms with Gasteiger partial charge in [-0.2, -0.15) is 13.2 Å². The zero-order chi connectivity index (χ0) is 23.2. The van der Waals surface area contributed by atoms with Crippen LogP contribution < -0.4 is 0 Å². The van der Waals surface area contributed by atoms with Crippen molar-refractivity contribution in [2.24, 2.45) is 0 Å². The van der Waals surface area contributed by atoms with Crippen LogP contribution in [0.4, 0.5) is 13.2 Å². The molecule has 170 valence electrons. The van der Waals surface area contributed by atoms with Crippen LogP contribution in [0.3, 0.4) is 0 Å². The highest BCUT2D eigenvalue weighted by molar-refractivity contribution is 5.94. The summed E-state index contributed by atoms with van der Waals surface area (Å²) in [6.45, 7) is 7.52. The van der Waals surface area contributed by atoms with Gasteiger partial charge < -0.3 is 14.6 Å². The first-order chi connectivity index (χ1) is 14.5. The number of fused-ring (bicyclic) bond motifs is 1. The number of nitrogens with zero attached hydrogens (tertiary/aromatic N) is 4. The van der Waals surface area contributed by atoms with Gasteiger partial charge in [-0.15, -0.1) is 0 Å². The SMILES string of the molecule is CC(C)N(C)Cc1ncn2c1CN(C(=O)c1ccccc1)CCC2.O=C(O)C(F)(F)F. The van der Waals surface area contributed by atoms with E-state index >= 15 is 0 Å². The lowest BCUT2D eigenvalue weighted by Crippen LogP contribution is -2.31. The monoisotopic (exact) mass is 440 g/mol. The van der Waals surface area contributed by atoms with Crippen LogP contribution in [-0.4, -0.2) is 62.1 Å². The minimum atomic E-state index is -5.08. The summed E-state index contributed by atoms with van der Waals surface area (Å²) in [5.74, 6) is -2.65. The van der Waals surface area contributed by atoms with Crippen molar-refractivity contribution in [2.45, 2.75) is 52.1 Å². The highest BCUT2D eigenvalue weighted by Crippen LogP contribution is 2.20. The van der Waals surface area contributed by atoms with Gasteiger partial charge in [0, 0.05) is 31.2 Å². The number of carboxylic acid groups (broad SMARTS) is 1. The molecule has 7 nitrogen and oxygen atoms in total. The molecule has 0 spiro atoms. The minimum Gasteiger partial charge on any atom is -0.475 e. The third kappa shape index (κ3) is 6.81.